The van der Waals surface area contributed by atoms with Crippen molar-refractivity contribution in [2.24, 2.45) is 0 Å². The summed E-state index contributed by atoms with van der Waals surface area (Å²) in [5.41, 5.74) is 10.0. The second-order valence-electron chi connectivity index (χ2n) is 4.79. The van der Waals surface area contributed by atoms with Gasteiger partial charge in [-0.15, -0.1) is 0 Å². The molecule has 0 spiro atoms. The van der Waals surface area contributed by atoms with Crippen LogP contribution < -0.4 is 10.5 Å². The molecule has 0 saturated heterocycles. The Bertz CT molecular complexity index is 772. The summed E-state index contributed by atoms with van der Waals surface area (Å²) in [6, 6.07) is 9.67. The van der Waals surface area contributed by atoms with E-state index in [0.29, 0.717) is 16.7 Å². The summed E-state index contributed by atoms with van der Waals surface area (Å²) >= 11 is 6.01. The van der Waals surface area contributed by atoms with E-state index in [4.69, 9.17) is 22.1 Å². The average Bonchev–Trinajstić information content (AvgIpc) is 2.75. The summed E-state index contributed by atoms with van der Waals surface area (Å²) in [5.74, 6) is 0.765. The monoisotopic (exact) mass is 287 g/mol. The molecule has 0 atom stereocenters. The predicted molar refractivity (Wildman–Crippen MR) is 81.5 cm³/mol. The van der Waals surface area contributed by atoms with Gasteiger partial charge in [0.2, 0.25) is 0 Å². The highest BCUT2D eigenvalue weighted by molar-refractivity contribution is 6.30. The van der Waals surface area contributed by atoms with Crippen LogP contribution in [0, 0.1) is 13.8 Å². The Kier molecular flexibility index (Phi) is 3.03. The number of imidazole rings is 1. The lowest BCUT2D eigenvalue weighted by molar-refractivity contribution is 0.443. The van der Waals surface area contributed by atoms with Crippen molar-refractivity contribution in [3.8, 4) is 11.8 Å². The first-order valence-corrected chi connectivity index (χ1v) is 6.60. The normalized spacial score (nSPS) is 10.9. The average molecular weight is 288 g/mol. The third kappa shape index (κ3) is 2.30. The van der Waals surface area contributed by atoms with Crippen molar-refractivity contribution in [2.45, 2.75) is 13.8 Å². The Morgan fingerprint density at radius 2 is 1.85 bits per heavy atom. The SMILES string of the molecule is Cc1cc(Cl)cc(C)c1Oc1nc2ccc(N)cc2[nH]1. The number of nitrogens with zero attached hydrogens (tertiary/aromatic N) is 1. The number of aromatic nitrogens is 2. The van der Waals surface area contributed by atoms with Crippen molar-refractivity contribution in [3.63, 3.8) is 0 Å². The zero-order valence-corrected chi connectivity index (χ0v) is 12.0. The standard InChI is InChI=1S/C15H14ClN3O/c1-8-5-10(16)6-9(2)14(8)20-15-18-12-4-3-11(17)7-13(12)19-15/h3-7H,17H2,1-2H3,(H,18,19). The molecular weight excluding hydrogens is 274 g/mol. The number of benzene rings is 2. The molecule has 102 valence electrons. The molecule has 0 amide bonds. The molecule has 3 aromatic rings. The molecule has 4 nitrogen and oxygen atoms in total. The van der Waals surface area contributed by atoms with Gasteiger partial charge in [0.25, 0.3) is 6.01 Å². The van der Waals surface area contributed by atoms with E-state index >= 15 is 0 Å². The van der Waals surface area contributed by atoms with E-state index in [1.807, 2.05) is 44.2 Å². The lowest BCUT2D eigenvalue weighted by Gasteiger charge is -2.09. The van der Waals surface area contributed by atoms with Crippen LogP contribution in [0.2, 0.25) is 5.02 Å². The largest absolute Gasteiger partial charge is 0.425 e. The number of nitrogens with two attached hydrogens (primary N) is 1. The first kappa shape index (κ1) is 12.8. The molecule has 5 heteroatoms. The van der Waals surface area contributed by atoms with Crippen LogP contribution in [0.3, 0.4) is 0 Å². The summed E-state index contributed by atoms with van der Waals surface area (Å²) < 4.78 is 5.85. The number of anilines is 1. The van der Waals surface area contributed by atoms with Crippen molar-refractivity contribution in [3.05, 3.63) is 46.5 Å². The van der Waals surface area contributed by atoms with Crippen LogP contribution in [-0.2, 0) is 0 Å². The molecule has 0 bridgehead atoms. The third-order valence-electron chi connectivity index (χ3n) is 3.11. The molecule has 2 aromatic carbocycles. The maximum atomic E-state index is 6.01. The number of H-pyrrole nitrogens is 1. The Labute approximate surface area is 121 Å². The van der Waals surface area contributed by atoms with Gasteiger partial charge in [-0.3, -0.25) is 0 Å². The molecule has 0 aliphatic carbocycles. The minimum atomic E-state index is 0.444. The molecule has 3 N–H and O–H groups in total. The van der Waals surface area contributed by atoms with E-state index in [1.54, 1.807) is 0 Å². The smallest absolute Gasteiger partial charge is 0.300 e. The lowest BCUT2D eigenvalue weighted by Crippen LogP contribution is -1.92. The van der Waals surface area contributed by atoms with Crippen LogP contribution in [0.15, 0.2) is 30.3 Å². The topological polar surface area (TPSA) is 63.9 Å². The minimum Gasteiger partial charge on any atom is -0.425 e. The number of aromatic amines is 1. The molecule has 0 saturated carbocycles. The molecule has 0 aliphatic rings. The quantitative estimate of drug-likeness (QED) is 0.694. The van der Waals surface area contributed by atoms with Gasteiger partial charge in [0.05, 0.1) is 11.0 Å². The second kappa shape index (κ2) is 4.72. The highest BCUT2D eigenvalue weighted by Gasteiger charge is 2.10. The van der Waals surface area contributed by atoms with E-state index < -0.39 is 0 Å². The highest BCUT2D eigenvalue weighted by Crippen LogP contribution is 2.31. The number of nitrogens with one attached hydrogen (secondary N) is 1. The van der Waals surface area contributed by atoms with Crippen molar-refractivity contribution in [1.82, 2.24) is 9.97 Å². The second-order valence-corrected chi connectivity index (χ2v) is 5.23. The van der Waals surface area contributed by atoms with Crippen LogP contribution >= 0.6 is 11.6 Å². The summed E-state index contributed by atoms with van der Waals surface area (Å²) in [6.07, 6.45) is 0. The number of hydrogen-bond acceptors (Lipinski definition) is 3. The Hall–Kier alpha value is -2.20. The Balaban J connectivity index is 2.01. The molecule has 20 heavy (non-hydrogen) atoms. The molecule has 0 radical (unpaired) electrons. The number of hydrogen-bond donors (Lipinski definition) is 2. The summed E-state index contributed by atoms with van der Waals surface area (Å²) in [6.45, 7) is 3.91. The highest BCUT2D eigenvalue weighted by atomic mass is 35.5. The van der Waals surface area contributed by atoms with Crippen LogP contribution in [-0.4, -0.2) is 9.97 Å². The number of ether oxygens (including phenoxy) is 1. The van der Waals surface area contributed by atoms with Gasteiger partial charge < -0.3 is 15.5 Å². The van der Waals surface area contributed by atoms with E-state index in [0.717, 1.165) is 27.9 Å². The van der Waals surface area contributed by atoms with Crippen LogP contribution in [0.5, 0.6) is 11.8 Å². The van der Waals surface area contributed by atoms with Gasteiger partial charge in [-0.05, 0) is 55.3 Å². The zero-order valence-electron chi connectivity index (χ0n) is 11.2. The van der Waals surface area contributed by atoms with Gasteiger partial charge in [-0.25, -0.2) is 0 Å². The molecule has 1 aromatic heterocycles. The van der Waals surface area contributed by atoms with Crippen molar-refractivity contribution < 1.29 is 4.74 Å². The van der Waals surface area contributed by atoms with E-state index in [-0.39, 0.29) is 0 Å². The van der Waals surface area contributed by atoms with Crippen molar-refractivity contribution in [2.75, 3.05) is 5.73 Å². The number of halogens is 1. The molecule has 3 rings (SSSR count). The maximum Gasteiger partial charge on any atom is 0.300 e. The first-order valence-electron chi connectivity index (χ1n) is 6.23. The zero-order chi connectivity index (χ0) is 14.3. The molecule has 1 heterocycles. The molecule has 0 aliphatic heterocycles. The maximum absolute atomic E-state index is 6.01. The van der Waals surface area contributed by atoms with Crippen LogP contribution in [0.25, 0.3) is 11.0 Å². The van der Waals surface area contributed by atoms with Gasteiger partial charge >= 0.3 is 0 Å². The van der Waals surface area contributed by atoms with Crippen LogP contribution in [0.4, 0.5) is 5.69 Å². The molecular formula is C15H14ClN3O. The third-order valence-corrected chi connectivity index (χ3v) is 3.33. The van der Waals surface area contributed by atoms with Gasteiger partial charge in [-0.2, -0.15) is 4.98 Å². The molecule has 0 fully saturated rings. The van der Waals surface area contributed by atoms with Crippen molar-refractivity contribution in [1.29, 1.82) is 0 Å². The van der Waals surface area contributed by atoms with Gasteiger partial charge in [0.1, 0.15) is 5.75 Å². The van der Waals surface area contributed by atoms with Crippen LogP contribution in [0.1, 0.15) is 11.1 Å². The number of rotatable bonds is 2. The lowest BCUT2D eigenvalue weighted by atomic mass is 10.1. The fourth-order valence-electron chi connectivity index (χ4n) is 2.21. The van der Waals surface area contributed by atoms with E-state index in [1.165, 1.54) is 0 Å². The van der Waals surface area contributed by atoms with E-state index in [9.17, 15) is 0 Å². The minimum absolute atomic E-state index is 0.444. The number of aryl methyl sites for hydroxylation is 2. The summed E-state index contributed by atoms with van der Waals surface area (Å²) in [5, 5.41) is 0.699. The van der Waals surface area contributed by atoms with Gasteiger partial charge in [0.15, 0.2) is 0 Å². The number of nitrogen functional groups attached to an aromatic ring is 1. The fourth-order valence-corrected chi connectivity index (χ4v) is 2.53. The summed E-state index contributed by atoms with van der Waals surface area (Å²) in [7, 11) is 0. The van der Waals surface area contributed by atoms with E-state index in [2.05, 4.69) is 9.97 Å². The predicted octanol–water partition coefficient (Wildman–Crippen LogP) is 4.21. The summed E-state index contributed by atoms with van der Waals surface area (Å²) in [4.78, 5) is 7.50. The van der Waals surface area contributed by atoms with Crippen molar-refractivity contribution >= 4 is 28.3 Å². The Morgan fingerprint density at radius 3 is 2.55 bits per heavy atom. The van der Waals surface area contributed by atoms with Gasteiger partial charge in [-0.1, -0.05) is 11.6 Å². The first-order chi connectivity index (χ1) is 9.52. The fraction of sp³-hybridized carbons (Fsp3) is 0.133. The molecule has 0 unspecified atom stereocenters. The number of fused-ring (bicyclic) bond motifs is 1. The van der Waals surface area contributed by atoms with Gasteiger partial charge in [0, 0.05) is 10.7 Å². The Morgan fingerprint density at radius 1 is 1.15 bits per heavy atom.